The molecule has 190 valence electrons. The van der Waals surface area contributed by atoms with Crippen LogP contribution in [0, 0.1) is 0 Å². The Balaban J connectivity index is 1.29. The highest BCUT2D eigenvalue weighted by Crippen LogP contribution is 2.42. The molecule has 0 fully saturated rings. The average molecular weight is 522 g/mol. The van der Waals surface area contributed by atoms with Gasteiger partial charge in [0.1, 0.15) is 12.9 Å². The van der Waals surface area contributed by atoms with Gasteiger partial charge in [0.25, 0.3) is 11.2 Å². The zero-order chi connectivity index (χ0) is 25.8. The fourth-order valence-electron chi connectivity index (χ4n) is 3.90. The highest BCUT2D eigenvalue weighted by Gasteiger charge is 2.23. The Morgan fingerprint density at radius 3 is 2.57 bits per heavy atom. The van der Waals surface area contributed by atoms with E-state index in [9.17, 15) is 14.3 Å². The minimum atomic E-state index is -4.03. The van der Waals surface area contributed by atoms with Crippen molar-refractivity contribution in [1.82, 2.24) is 23.9 Å². The zero-order valence-corrected chi connectivity index (χ0v) is 20.6. The maximum Gasteiger partial charge on any atom is 0.437 e. The molecule has 12 nitrogen and oxygen atoms in total. The molecule has 2 aromatic carbocycles. The van der Waals surface area contributed by atoms with E-state index in [0.29, 0.717) is 17.7 Å². The lowest BCUT2D eigenvalue weighted by Gasteiger charge is -2.11. The van der Waals surface area contributed by atoms with Crippen molar-refractivity contribution in [3.8, 4) is 11.1 Å². The molecule has 0 aliphatic heterocycles. The molecule has 0 aliphatic rings. The molecule has 1 atom stereocenters. The first-order valence-corrected chi connectivity index (χ1v) is 12.9. The van der Waals surface area contributed by atoms with Crippen LogP contribution in [-0.2, 0) is 27.1 Å². The molecule has 4 N–H and O–H groups in total. The van der Waals surface area contributed by atoms with Crippen LogP contribution < -0.4 is 15.9 Å². The summed E-state index contributed by atoms with van der Waals surface area (Å²) in [5, 5.41) is 0. The van der Waals surface area contributed by atoms with E-state index in [1.54, 1.807) is 15.5 Å². The molecule has 1 unspecified atom stereocenters. The smallest absolute Gasteiger partial charge is 0.369 e. The molecule has 3 heterocycles. The predicted molar refractivity (Wildman–Crippen MR) is 135 cm³/mol. The molecule has 0 saturated heterocycles. The number of anilines is 1. The molecule has 5 rings (SSSR count). The second-order valence-corrected chi connectivity index (χ2v) is 9.90. The van der Waals surface area contributed by atoms with E-state index in [1.807, 2.05) is 42.5 Å². The average Bonchev–Trinajstić information content (AvgIpc) is 3.55. The van der Waals surface area contributed by atoms with Crippen LogP contribution in [0.3, 0.4) is 0 Å². The van der Waals surface area contributed by atoms with Crippen LogP contribution in [0.4, 0.5) is 5.95 Å². The maximum atomic E-state index is 12.7. The molecular weight excluding hydrogens is 497 g/mol. The number of rotatable bonds is 10. The van der Waals surface area contributed by atoms with Crippen molar-refractivity contribution in [2.24, 2.45) is 0 Å². The van der Waals surface area contributed by atoms with Gasteiger partial charge in [0.05, 0.1) is 13.2 Å². The van der Waals surface area contributed by atoms with E-state index in [4.69, 9.17) is 15.0 Å². The van der Waals surface area contributed by atoms with Crippen LogP contribution in [0.25, 0.3) is 22.3 Å². The molecular formula is C24H25N7O5P+. The van der Waals surface area contributed by atoms with Gasteiger partial charge >= 0.3 is 13.3 Å². The summed E-state index contributed by atoms with van der Waals surface area (Å²) in [6, 6.07) is 18.2. The molecule has 0 bridgehead atoms. The number of hydrogen-bond donors (Lipinski definition) is 3. The van der Waals surface area contributed by atoms with Gasteiger partial charge in [0.2, 0.25) is 12.3 Å². The number of imidazole rings is 2. The molecule has 0 saturated carbocycles. The molecule has 0 amide bonds. The molecule has 3 aromatic heterocycles. The van der Waals surface area contributed by atoms with Gasteiger partial charge < -0.3 is 15.4 Å². The fraction of sp³-hybridized carbons (Fsp3) is 0.167. The Morgan fingerprint density at radius 1 is 1.08 bits per heavy atom. The molecule has 0 spiro atoms. The van der Waals surface area contributed by atoms with E-state index in [1.165, 1.54) is 18.7 Å². The third-order valence-electron chi connectivity index (χ3n) is 5.65. The van der Waals surface area contributed by atoms with Crippen molar-refractivity contribution in [1.29, 1.82) is 0 Å². The highest BCUT2D eigenvalue weighted by molar-refractivity contribution is 7.51. The summed E-state index contributed by atoms with van der Waals surface area (Å²) in [6.07, 6.45) is 5.65. The summed E-state index contributed by atoms with van der Waals surface area (Å²) in [6.45, 7) is 0.346. The number of nitrogen functional groups attached to an aromatic ring is 1. The summed E-state index contributed by atoms with van der Waals surface area (Å²) in [5.41, 5.74) is 9.33. The van der Waals surface area contributed by atoms with Crippen LogP contribution in [0.1, 0.15) is 5.56 Å². The second-order valence-electron chi connectivity index (χ2n) is 8.20. The van der Waals surface area contributed by atoms with Crippen LogP contribution in [-0.4, -0.2) is 42.0 Å². The number of nitrogens with one attached hydrogen (secondary N) is 1. The Bertz CT molecular complexity index is 1600. The first-order chi connectivity index (χ1) is 17.9. The fourth-order valence-corrected chi connectivity index (χ4v) is 4.77. The second kappa shape index (κ2) is 10.5. The number of aromatic amines is 1. The van der Waals surface area contributed by atoms with E-state index < -0.39 is 7.75 Å². The third-order valence-corrected chi connectivity index (χ3v) is 6.99. The SMILES string of the molecule is Nc1nc2c(c(=O)[nH]1)[n+](Cc1ccc(-c3ccccc3)cc1)cn2COCCOP(=O)(O)n1ccnc1. The first-order valence-electron chi connectivity index (χ1n) is 11.4. The minimum Gasteiger partial charge on any atom is -0.369 e. The molecule has 37 heavy (non-hydrogen) atoms. The van der Waals surface area contributed by atoms with E-state index >= 15 is 0 Å². The number of H-pyrrole nitrogens is 1. The van der Waals surface area contributed by atoms with Crippen molar-refractivity contribution in [2.45, 2.75) is 13.3 Å². The molecule has 13 heteroatoms. The first kappa shape index (κ1) is 24.6. The molecule has 0 radical (unpaired) electrons. The Morgan fingerprint density at radius 2 is 1.84 bits per heavy atom. The van der Waals surface area contributed by atoms with Gasteiger partial charge in [-0.25, -0.2) is 18.5 Å². The van der Waals surface area contributed by atoms with Gasteiger partial charge in [-0.15, -0.1) is 0 Å². The van der Waals surface area contributed by atoms with Crippen LogP contribution in [0.2, 0.25) is 0 Å². The van der Waals surface area contributed by atoms with E-state index in [0.717, 1.165) is 21.0 Å². The lowest BCUT2D eigenvalue weighted by Crippen LogP contribution is -2.37. The number of nitrogens with two attached hydrogens (primary N) is 1. The zero-order valence-electron chi connectivity index (χ0n) is 19.7. The number of fused-ring (bicyclic) bond motifs is 1. The van der Waals surface area contributed by atoms with Crippen molar-refractivity contribution in [3.63, 3.8) is 0 Å². The van der Waals surface area contributed by atoms with Crippen molar-refractivity contribution in [3.05, 3.63) is 95.6 Å². The van der Waals surface area contributed by atoms with Gasteiger partial charge in [-0.3, -0.25) is 14.3 Å². The monoisotopic (exact) mass is 522 g/mol. The van der Waals surface area contributed by atoms with Gasteiger partial charge in [-0.05, 0) is 16.7 Å². The number of ether oxygens (including phenoxy) is 1. The summed E-state index contributed by atoms with van der Waals surface area (Å²) in [7, 11) is -4.03. The van der Waals surface area contributed by atoms with Crippen LogP contribution >= 0.6 is 7.75 Å². The predicted octanol–water partition coefficient (Wildman–Crippen LogP) is 2.15. The van der Waals surface area contributed by atoms with E-state index in [-0.39, 0.29) is 31.5 Å². The number of hydrogen-bond acceptors (Lipinski definition) is 7. The third kappa shape index (κ3) is 5.52. The van der Waals surface area contributed by atoms with Crippen LogP contribution in [0.5, 0.6) is 0 Å². The molecule has 5 aromatic rings. The Labute approximate surface area is 211 Å². The van der Waals surface area contributed by atoms with Crippen molar-refractivity contribution in [2.75, 3.05) is 18.9 Å². The van der Waals surface area contributed by atoms with Gasteiger partial charge in [0.15, 0.2) is 6.73 Å². The minimum absolute atomic E-state index is 0.0129. The number of aromatic nitrogens is 6. The van der Waals surface area contributed by atoms with Crippen molar-refractivity contribution >= 4 is 24.9 Å². The van der Waals surface area contributed by atoms with Crippen LogP contribution in [0.15, 0.2) is 84.4 Å². The summed E-state index contributed by atoms with van der Waals surface area (Å²) in [5.74, 6) is -0.0129. The molecule has 0 aliphatic carbocycles. The standard InChI is InChI=1S/C24H24N7O5P/c25-24-27-22-21(23(32)28-24)29(14-18-6-8-20(9-7-18)19-4-2-1-3-5-19)16-30(22)17-35-12-13-36-37(33,34)31-11-10-26-15-31/h1-11,15-16H,12-14,17H2,(H3-,25,27,28,32,33,34)/p+1. The quantitative estimate of drug-likeness (QED) is 0.143. The summed E-state index contributed by atoms with van der Waals surface area (Å²) < 4.78 is 27.3. The van der Waals surface area contributed by atoms with Gasteiger partial charge in [-0.2, -0.15) is 9.55 Å². The summed E-state index contributed by atoms with van der Waals surface area (Å²) in [4.78, 5) is 33.2. The van der Waals surface area contributed by atoms with Gasteiger partial charge in [-0.1, -0.05) is 54.6 Å². The highest BCUT2D eigenvalue weighted by atomic mass is 31.2. The largest absolute Gasteiger partial charge is 0.437 e. The normalized spacial score (nSPS) is 13.1. The van der Waals surface area contributed by atoms with E-state index in [2.05, 4.69) is 27.1 Å². The number of nitrogens with zero attached hydrogens (tertiary/aromatic N) is 5. The lowest BCUT2D eigenvalue weighted by atomic mass is 10.0. The van der Waals surface area contributed by atoms with Gasteiger partial charge in [0, 0.05) is 12.4 Å². The summed E-state index contributed by atoms with van der Waals surface area (Å²) >= 11 is 0. The Hall–Kier alpha value is -4.09. The topological polar surface area (TPSA) is 154 Å². The Kier molecular flexibility index (Phi) is 6.97. The maximum absolute atomic E-state index is 12.7. The number of benzene rings is 2. The lowest BCUT2D eigenvalue weighted by molar-refractivity contribution is -0.664. The van der Waals surface area contributed by atoms with Crippen molar-refractivity contribution < 1.29 is 23.3 Å².